The maximum Gasteiger partial charge on any atom is 0.0320 e. The van der Waals surface area contributed by atoms with Crippen LogP contribution < -0.4 is 5.73 Å². The third kappa shape index (κ3) is 2.39. The molecule has 0 saturated carbocycles. The molecule has 0 bridgehead atoms. The number of alkyl halides is 1. The van der Waals surface area contributed by atoms with Crippen LogP contribution in [0.2, 0.25) is 0 Å². The number of halogens is 1. The second-order valence-electron chi connectivity index (χ2n) is 3.11. The van der Waals surface area contributed by atoms with E-state index in [9.17, 15) is 0 Å². The number of benzene rings is 1. The van der Waals surface area contributed by atoms with Gasteiger partial charge in [-0.2, -0.15) is 0 Å². The Morgan fingerprint density at radius 1 is 1.21 bits per heavy atom. The Bertz CT molecular complexity index is 355. The number of allylic oxidation sites excluding steroid dienone is 1. The van der Waals surface area contributed by atoms with E-state index in [1.54, 1.807) is 0 Å². The molecule has 0 heterocycles. The van der Waals surface area contributed by atoms with Crippen LogP contribution in [0.4, 0.5) is 0 Å². The zero-order chi connectivity index (χ0) is 10.6. The molecule has 0 aliphatic rings. The molecular formula is C12H14ClN. The summed E-state index contributed by atoms with van der Waals surface area (Å²) in [5.41, 5.74) is 9.24. The molecule has 1 aromatic carbocycles. The van der Waals surface area contributed by atoms with Gasteiger partial charge in [-0.3, -0.25) is 0 Å². The first kappa shape index (κ1) is 10.9. The Kier molecular flexibility index (Phi) is 3.78. The molecule has 14 heavy (non-hydrogen) atoms. The Hall–Kier alpha value is -1.21. The minimum atomic E-state index is 0.566. The van der Waals surface area contributed by atoms with Gasteiger partial charge in [0.25, 0.3) is 0 Å². The van der Waals surface area contributed by atoms with Gasteiger partial charge in [-0.1, -0.05) is 37.4 Å². The molecule has 0 aromatic heterocycles. The normalized spacial score (nSPS) is 9.79. The predicted octanol–water partition coefficient (Wildman–Crippen LogP) is 3.26. The van der Waals surface area contributed by atoms with Gasteiger partial charge in [-0.15, -0.1) is 11.6 Å². The lowest BCUT2D eigenvalue weighted by molar-refractivity contribution is 1.25. The van der Waals surface area contributed by atoms with Crippen molar-refractivity contribution in [2.24, 2.45) is 5.73 Å². The van der Waals surface area contributed by atoms with E-state index in [0.717, 1.165) is 23.1 Å². The van der Waals surface area contributed by atoms with Crippen LogP contribution in [0.15, 0.2) is 37.4 Å². The molecular weight excluding hydrogens is 194 g/mol. The SMILES string of the molecule is C=C(N)c1ccccc1C(=C)CCCl. The van der Waals surface area contributed by atoms with E-state index in [2.05, 4.69) is 13.2 Å². The molecule has 2 N–H and O–H groups in total. The molecule has 0 saturated heterocycles. The van der Waals surface area contributed by atoms with E-state index < -0.39 is 0 Å². The van der Waals surface area contributed by atoms with Gasteiger partial charge in [0.2, 0.25) is 0 Å². The van der Waals surface area contributed by atoms with Gasteiger partial charge in [0.1, 0.15) is 0 Å². The zero-order valence-electron chi connectivity index (χ0n) is 8.09. The van der Waals surface area contributed by atoms with Crippen molar-refractivity contribution in [2.45, 2.75) is 6.42 Å². The lowest BCUT2D eigenvalue weighted by atomic mass is 9.98. The predicted molar refractivity (Wildman–Crippen MR) is 64.0 cm³/mol. The third-order valence-corrected chi connectivity index (χ3v) is 2.24. The molecule has 1 aromatic rings. The van der Waals surface area contributed by atoms with Crippen molar-refractivity contribution in [1.82, 2.24) is 0 Å². The lowest BCUT2D eigenvalue weighted by Gasteiger charge is -2.10. The van der Waals surface area contributed by atoms with Gasteiger partial charge in [0.15, 0.2) is 0 Å². The average Bonchev–Trinajstić information content (AvgIpc) is 2.18. The molecule has 0 atom stereocenters. The summed E-state index contributed by atoms with van der Waals surface area (Å²) in [6.45, 7) is 7.71. The number of rotatable bonds is 4. The van der Waals surface area contributed by atoms with Crippen LogP contribution in [-0.4, -0.2) is 5.88 Å². The number of hydrogen-bond donors (Lipinski definition) is 1. The van der Waals surface area contributed by atoms with Crippen molar-refractivity contribution in [3.05, 3.63) is 48.6 Å². The van der Waals surface area contributed by atoms with Crippen LogP contribution in [0.5, 0.6) is 0 Å². The van der Waals surface area contributed by atoms with Crippen LogP contribution >= 0.6 is 11.6 Å². The van der Waals surface area contributed by atoms with Gasteiger partial charge >= 0.3 is 0 Å². The highest BCUT2D eigenvalue weighted by atomic mass is 35.5. The van der Waals surface area contributed by atoms with Crippen molar-refractivity contribution in [3.8, 4) is 0 Å². The van der Waals surface area contributed by atoms with Crippen molar-refractivity contribution in [1.29, 1.82) is 0 Å². The summed E-state index contributed by atoms with van der Waals surface area (Å²) in [6.07, 6.45) is 0.770. The second-order valence-corrected chi connectivity index (χ2v) is 3.49. The van der Waals surface area contributed by atoms with Gasteiger partial charge in [0, 0.05) is 17.1 Å². The van der Waals surface area contributed by atoms with E-state index in [0.29, 0.717) is 11.6 Å². The first-order chi connectivity index (χ1) is 6.66. The summed E-state index contributed by atoms with van der Waals surface area (Å²) >= 11 is 5.66. The van der Waals surface area contributed by atoms with Crippen LogP contribution in [-0.2, 0) is 0 Å². The van der Waals surface area contributed by atoms with E-state index in [1.807, 2.05) is 24.3 Å². The van der Waals surface area contributed by atoms with Gasteiger partial charge < -0.3 is 5.73 Å². The Balaban J connectivity index is 3.07. The molecule has 0 fully saturated rings. The standard InChI is InChI=1S/C12H14ClN/c1-9(7-8-13)11-5-3-4-6-12(11)10(2)14/h3-6H,1-2,7-8,14H2. The molecule has 1 rings (SSSR count). The highest BCUT2D eigenvalue weighted by Crippen LogP contribution is 2.23. The molecule has 2 heteroatoms. The molecule has 74 valence electrons. The third-order valence-electron chi connectivity index (χ3n) is 2.05. The molecule has 0 radical (unpaired) electrons. The molecule has 0 aliphatic carbocycles. The van der Waals surface area contributed by atoms with Crippen LogP contribution in [0.3, 0.4) is 0 Å². The lowest BCUT2D eigenvalue weighted by Crippen LogP contribution is -1.98. The fourth-order valence-electron chi connectivity index (χ4n) is 1.32. The molecule has 0 unspecified atom stereocenters. The Morgan fingerprint density at radius 3 is 2.29 bits per heavy atom. The Morgan fingerprint density at radius 2 is 1.79 bits per heavy atom. The van der Waals surface area contributed by atoms with Crippen molar-refractivity contribution >= 4 is 22.9 Å². The van der Waals surface area contributed by atoms with Gasteiger partial charge in [0.05, 0.1) is 0 Å². The fourth-order valence-corrected chi connectivity index (χ4v) is 1.55. The largest absolute Gasteiger partial charge is 0.399 e. The summed E-state index contributed by atoms with van der Waals surface area (Å²) in [7, 11) is 0. The summed E-state index contributed by atoms with van der Waals surface area (Å²) in [6, 6.07) is 7.82. The maximum absolute atomic E-state index is 5.68. The zero-order valence-corrected chi connectivity index (χ0v) is 8.85. The first-order valence-corrected chi connectivity index (χ1v) is 4.98. The summed E-state index contributed by atoms with van der Waals surface area (Å²) in [5.74, 6) is 0.574. The van der Waals surface area contributed by atoms with Crippen molar-refractivity contribution in [3.63, 3.8) is 0 Å². The molecule has 0 spiro atoms. The first-order valence-electron chi connectivity index (χ1n) is 4.44. The topological polar surface area (TPSA) is 26.0 Å². The maximum atomic E-state index is 5.68. The summed E-state index contributed by atoms with van der Waals surface area (Å²) < 4.78 is 0. The van der Waals surface area contributed by atoms with Crippen LogP contribution in [0.1, 0.15) is 17.5 Å². The fraction of sp³-hybridized carbons (Fsp3) is 0.167. The van der Waals surface area contributed by atoms with Gasteiger partial charge in [-0.25, -0.2) is 0 Å². The summed E-state index contributed by atoms with van der Waals surface area (Å²) in [5, 5.41) is 0. The number of nitrogens with two attached hydrogens (primary N) is 1. The van der Waals surface area contributed by atoms with Crippen LogP contribution in [0.25, 0.3) is 11.3 Å². The molecule has 0 amide bonds. The van der Waals surface area contributed by atoms with Crippen molar-refractivity contribution < 1.29 is 0 Å². The average molecular weight is 208 g/mol. The van der Waals surface area contributed by atoms with E-state index in [-0.39, 0.29) is 0 Å². The van der Waals surface area contributed by atoms with E-state index in [1.165, 1.54) is 0 Å². The van der Waals surface area contributed by atoms with Crippen LogP contribution in [0, 0.1) is 0 Å². The van der Waals surface area contributed by atoms with E-state index in [4.69, 9.17) is 17.3 Å². The minimum Gasteiger partial charge on any atom is -0.399 e. The highest BCUT2D eigenvalue weighted by molar-refractivity contribution is 6.18. The minimum absolute atomic E-state index is 0.566. The molecule has 0 aliphatic heterocycles. The summed E-state index contributed by atoms with van der Waals surface area (Å²) in [4.78, 5) is 0. The quantitative estimate of drug-likeness (QED) is 0.754. The Labute approximate surface area is 89.9 Å². The monoisotopic (exact) mass is 207 g/mol. The molecule has 1 nitrogen and oxygen atoms in total. The highest BCUT2D eigenvalue weighted by Gasteiger charge is 2.05. The second kappa shape index (κ2) is 4.87. The van der Waals surface area contributed by atoms with Crippen molar-refractivity contribution in [2.75, 3.05) is 5.88 Å². The smallest absolute Gasteiger partial charge is 0.0320 e. The number of hydrogen-bond acceptors (Lipinski definition) is 1. The van der Waals surface area contributed by atoms with Gasteiger partial charge in [-0.05, 0) is 17.6 Å². The van der Waals surface area contributed by atoms with E-state index >= 15 is 0 Å².